The first-order valence-corrected chi connectivity index (χ1v) is 6.70. The molecule has 0 unspecified atom stereocenters. The first-order valence-electron chi connectivity index (χ1n) is 6.70. The number of hydrogen-bond acceptors (Lipinski definition) is 4. The second kappa shape index (κ2) is 6.99. The third kappa shape index (κ3) is 4.77. The number of anilines is 1. The highest BCUT2D eigenvalue weighted by molar-refractivity contribution is 6.01. The average molecular weight is 353 g/mol. The van der Waals surface area contributed by atoms with Crippen LogP contribution in [0, 0.1) is 10.1 Å². The Balaban J connectivity index is 2.12. The molecule has 2 rings (SSSR count). The Labute approximate surface area is 138 Å². The van der Waals surface area contributed by atoms with Crippen LogP contribution in [0.2, 0.25) is 0 Å². The number of alkyl halides is 3. The summed E-state index contributed by atoms with van der Waals surface area (Å²) >= 11 is 0. The smallest absolute Gasteiger partial charge is 0.327 e. The van der Waals surface area contributed by atoms with Crippen LogP contribution in [0.15, 0.2) is 47.4 Å². The summed E-state index contributed by atoms with van der Waals surface area (Å²) in [5.74, 6) is -0.830. The van der Waals surface area contributed by atoms with Crippen molar-refractivity contribution < 1.29 is 22.9 Å². The van der Waals surface area contributed by atoms with E-state index >= 15 is 0 Å². The van der Waals surface area contributed by atoms with Crippen molar-refractivity contribution in [2.75, 3.05) is 5.32 Å². The fourth-order valence-electron chi connectivity index (χ4n) is 1.79. The Kier molecular flexibility index (Phi) is 5.01. The third-order valence-corrected chi connectivity index (χ3v) is 3.02. The molecule has 0 radical (unpaired) electrons. The van der Waals surface area contributed by atoms with Crippen molar-refractivity contribution in [2.24, 2.45) is 0 Å². The topological polar surface area (TPSA) is 105 Å². The van der Waals surface area contributed by atoms with Gasteiger partial charge in [0.15, 0.2) is 0 Å². The molecule has 0 fully saturated rings. The zero-order valence-corrected chi connectivity index (χ0v) is 12.3. The summed E-state index contributed by atoms with van der Waals surface area (Å²) in [4.78, 5) is 35.0. The SMILES string of the molecule is O=C(C=Cc1ccc([N+](=O)[O-])cc1)Nc1cc(C(F)(F)F)c[nH]c1=O. The number of carbonyl (C=O) groups is 1. The third-order valence-electron chi connectivity index (χ3n) is 3.02. The number of rotatable bonds is 4. The summed E-state index contributed by atoms with van der Waals surface area (Å²) in [6.45, 7) is 0. The van der Waals surface area contributed by atoms with Gasteiger partial charge in [0.25, 0.3) is 11.2 Å². The van der Waals surface area contributed by atoms with E-state index in [0.29, 0.717) is 17.8 Å². The number of hydrogen-bond donors (Lipinski definition) is 2. The van der Waals surface area contributed by atoms with Crippen LogP contribution in [0.3, 0.4) is 0 Å². The van der Waals surface area contributed by atoms with Gasteiger partial charge in [0.05, 0.1) is 10.5 Å². The van der Waals surface area contributed by atoms with Gasteiger partial charge in [0, 0.05) is 24.4 Å². The molecule has 10 heteroatoms. The summed E-state index contributed by atoms with van der Waals surface area (Å²) < 4.78 is 37.8. The highest BCUT2D eigenvalue weighted by Gasteiger charge is 2.31. The van der Waals surface area contributed by atoms with Gasteiger partial charge in [-0.05, 0) is 29.8 Å². The van der Waals surface area contributed by atoms with Crippen molar-refractivity contribution in [1.29, 1.82) is 0 Å². The van der Waals surface area contributed by atoms with Crippen LogP contribution in [0.5, 0.6) is 0 Å². The molecule has 0 spiro atoms. The number of halogens is 3. The molecular formula is C15H10F3N3O4. The lowest BCUT2D eigenvalue weighted by Gasteiger charge is -2.08. The molecule has 7 nitrogen and oxygen atoms in total. The number of aromatic amines is 1. The minimum absolute atomic E-state index is 0.128. The molecule has 2 aromatic rings. The fourth-order valence-corrected chi connectivity index (χ4v) is 1.79. The molecule has 0 aliphatic rings. The van der Waals surface area contributed by atoms with Gasteiger partial charge in [0.1, 0.15) is 5.69 Å². The van der Waals surface area contributed by atoms with E-state index in [0.717, 1.165) is 6.08 Å². The molecule has 0 atom stereocenters. The van der Waals surface area contributed by atoms with Crippen LogP contribution in [-0.2, 0) is 11.0 Å². The molecule has 2 N–H and O–H groups in total. The first kappa shape index (κ1) is 17.9. The highest BCUT2D eigenvalue weighted by Crippen LogP contribution is 2.29. The lowest BCUT2D eigenvalue weighted by Crippen LogP contribution is -2.20. The second-order valence-electron chi connectivity index (χ2n) is 4.80. The van der Waals surface area contributed by atoms with Gasteiger partial charge in [-0.15, -0.1) is 0 Å². The standard InChI is InChI=1S/C15H10F3N3O4/c16-15(17,18)10-7-12(14(23)19-8-10)20-13(22)6-3-9-1-4-11(5-2-9)21(24)25/h1-8H,(H,19,23)(H,20,22). The molecule has 1 aromatic carbocycles. The van der Waals surface area contributed by atoms with Crippen LogP contribution in [0.1, 0.15) is 11.1 Å². The number of non-ortho nitro benzene ring substituents is 1. The van der Waals surface area contributed by atoms with Crippen LogP contribution in [0.4, 0.5) is 24.5 Å². The number of pyridine rings is 1. The second-order valence-corrected chi connectivity index (χ2v) is 4.80. The Morgan fingerprint density at radius 3 is 2.44 bits per heavy atom. The molecule has 25 heavy (non-hydrogen) atoms. The van der Waals surface area contributed by atoms with E-state index in [2.05, 4.69) is 0 Å². The number of carbonyl (C=O) groups excluding carboxylic acids is 1. The first-order chi connectivity index (χ1) is 11.7. The van der Waals surface area contributed by atoms with Crippen molar-refractivity contribution in [3.63, 3.8) is 0 Å². The lowest BCUT2D eigenvalue weighted by atomic mass is 10.2. The lowest BCUT2D eigenvalue weighted by molar-refractivity contribution is -0.384. The fraction of sp³-hybridized carbons (Fsp3) is 0.0667. The number of H-pyrrole nitrogens is 1. The van der Waals surface area contributed by atoms with Crippen LogP contribution in [0.25, 0.3) is 6.08 Å². The van der Waals surface area contributed by atoms with Crippen molar-refractivity contribution in [3.8, 4) is 0 Å². The zero-order valence-electron chi connectivity index (χ0n) is 12.3. The zero-order chi connectivity index (χ0) is 18.6. The maximum absolute atomic E-state index is 12.6. The maximum atomic E-state index is 12.6. The Hall–Kier alpha value is -3.43. The summed E-state index contributed by atoms with van der Waals surface area (Å²) in [7, 11) is 0. The number of benzene rings is 1. The molecule has 0 aliphatic heterocycles. The van der Waals surface area contributed by atoms with Gasteiger partial charge in [-0.1, -0.05) is 0 Å². The van der Waals surface area contributed by atoms with Crippen LogP contribution < -0.4 is 10.9 Å². The molecule has 0 saturated heterocycles. The average Bonchev–Trinajstić information content (AvgIpc) is 2.54. The molecule has 0 aliphatic carbocycles. The Morgan fingerprint density at radius 1 is 1.24 bits per heavy atom. The van der Waals surface area contributed by atoms with Gasteiger partial charge >= 0.3 is 6.18 Å². The minimum Gasteiger partial charge on any atom is -0.327 e. The number of nitro groups is 1. The van der Waals surface area contributed by atoms with Gasteiger partial charge in [-0.2, -0.15) is 13.2 Å². The molecule has 1 amide bonds. The van der Waals surface area contributed by atoms with Gasteiger partial charge in [-0.25, -0.2) is 0 Å². The molecule has 130 valence electrons. The summed E-state index contributed by atoms with van der Waals surface area (Å²) in [6.07, 6.45) is -1.88. The number of nitrogens with zero attached hydrogens (tertiary/aromatic N) is 1. The highest BCUT2D eigenvalue weighted by atomic mass is 19.4. The van der Waals surface area contributed by atoms with E-state index in [4.69, 9.17) is 0 Å². The number of nitro benzene ring substituents is 1. The van der Waals surface area contributed by atoms with Gasteiger partial charge in [0.2, 0.25) is 5.91 Å². The predicted octanol–water partition coefficient (Wildman–Crippen LogP) is 2.95. The largest absolute Gasteiger partial charge is 0.417 e. The van der Waals surface area contributed by atoms with Crippen molar-refractivity contribution in [2.45, 2.75) is 6.18 Å². The van der Waals surface area contributed by atoms with Crippen LogP contribution >= 0.6 is 0 Å². The van der Waals surface area contributed by atoms with Gasteiger partial charge < -0.3 is 10.3 Å². The molecule has 1 aromatic heterocycles. The van der Waals surface area contributed by atoms with E-state index in [9.17, 15) is 32.9 Å². The Morgan fingerprint density at radius 2 is 1.88 bits per heavy atom. The van der Waals surface area contributed by atoms with E-state index in [1.165, 1.54) is 30.3 Å². The number of aromatic nitrogens is 1. The van der Waals surface area contributed by atoms with E-state index in [1.807, 2.05) is 10.3 Å². The molecular weight excluding hydrogens is 343 g/mol. The predicted molar refractivity (Wildman–Crippen MR) is 82.8 cm³/mol. The van der Waals surface area contributed by atoms with E-state index < -0.39 is 33.8 Å². The van der Waals surface area contributed by atoms with Crippen molar-refractivity contribution in [1.82, 2.24) is 4.98 Å². The summed E-state index contributed by atoms with van der Waals surface area (Å²) in [5, 5.41) is 12.6. The van der Waals surface area contributed by atoms with Crippen molar-refractivity contribution >= 4 is 23.4 Å². The normalized spacial score (nSPS) is 11.5. The molecule has 0 bridgehead atoms. The number of nitrogens with one attached hydrogen (secondary N) is 2. The summed E-state index contributed by atoms with van der Waals surface area (Å²) in [6, 6.07) is 5.76. The quantitative estimate of drug-likeness (QED) is 0.501. The maximum Gasteiger partial charge on any atom is 0.417 e. The monoisotopic (exact) mass is 353 g/mol. The van der Waals surface area contributed by atoms with E-state index in [1.54, 1.807) is 0 Å². The molecule has 1 heterocycles. The van der Waals surface area contributed by atoms with Crippen LogP contribution in [-0.4, -0.2) is 15.8 Å². The van der Waals surface area contributed by atoms with E-state index in [-0.39, 0.29) is 5.69 Å². The molecule has 0 saturated carbocycles. The summed E-state index contributed by atoms with van der Waals surface area (Å²) in [5.41, 5.74) is -2.21. The Bertz CT molecular complexity index is 886. The number of amides is 1. The van der Waals surface area contributed by atoms with Gasteiger partial charge in [-0.3, -0.25) is 19.7 Å². The minimum atomic E-state index is -4.67. The van der Waals surface area contributed by atoms with Crippen molar-refractivity contribution in [3.05, 3.63) is 74.2 Å².